The number of anilines is 1. The molecule has 0 amide bonds. The minimum Gasteiger partial charge on any atom is -0.484 e. The Morgan fingerprint density at radius 3 is 2.74 bits per heavy atom. The number of hydrogen-bond acceptors (Lipinski definition) is 8. The maximum atomic E-state index is 14.2. The number of aromatic nitrogens is 1. The second-order valence-corrected chi connectivity index (χ2v) is 11.1. The number of aliphatic imine (C=N–C) groups is 1. The topological polar surface area (TPSA) is 115 Å². The van der Waals surface area contributed by atoms with Crippen LogP contribution in [0, 0.1) is 0 Å². The van der Waals surface area contributed by atoms with Gasteiger partial charge in [0.15, 0.2) is 5.90 Å². The highest BCUT2D eigenvalue weighted by Crippen LogP contribution is 2.31. The number of nitrogens with two attached hydrogens (primary N) is 1. The molecule has 1 aromatic heterocycles. The van der Waals surface area contributed by atoms with Crippen LogP contribution in [0.15, 0.2) is 58.8 Å². The second kappa shape index (κ2) is 13.7. The summed E-state index contributed by atoms with van der Waals surface area (Å²) in [6.07, 6.45) is 3.04. The highest BCUT2D eigenvalue weighted by molar-refractivity contribution is 6.33. The number of fused-ring (bicyclic) bond motifs is 1. The molecule has 9 nitrogen and oxygen atoms in total. The van der Waals surface area contributed by atoms with Crippen molar-refractivity contribution < 1.29 is 9.47 Å². The lowest BCUT2D eigenvalue weighted by atomic mass is 10.0. The van der Waals surface area contributed by atoms with Gasteiger partial charge in [-0.3, -0.25) is 14.7 Å². The number of nitrogens with zero attached hydrogens (tertiary/aromatic N) is 2. The average Bonchev–Trinajstić information content (AvgIpc) is 3.47. The molecule has 1 atom stereocenters. The highest BCUT2D eigenvalue weighted by Gasteiger charge is 2.20. The maximum Gasteiger partial charge on any atom is 0.260 e. The van der Waals surface area contributed by atoms with Crippen LogP contribution < -0.4 is 27.2 Å². The molecule has 2 aliphatic rings. The van der Waals surface area contributed by atoms with E-state index in [9.17, 15) is 4.79 Å². The van der Waals surface area contributed by atoms with E-state index >= 15 is 0 Å². The molecule has 2 aliphatic heterocycles. The molecule has 3 heterocycles. The fourth-order valence-corrected chi connectivity index (χ4v) is 5.74. The molecule has 0 spiro atoms. The van der Waals surface area contributed by atoms with Crippen molar-refractivity contribution in [3.05, 3.63) is 92.2 Å². The third-order valence-corrected chi connectivity index (χ3v) is 8.20. The lowest BCUT2D eigenvalue weighted by Crippen LogP contribution is -2.38. The SMILES string of the molecule is C=Cc1cc(-c2ccc(C(N)N=C(C)OC)cc2Cl)c(=O)n(Cc2ccc3c(c2)CNC3)c1NCNC1CCOCC1. The zero-order chi connectivity index (χ0) is 29.6. The number of methoxy groups -OCH3 is 1. The first-order chi connectivity index (χ1) is 20.4. The quantitative estimate of drug-likeness (QED) is 0.155. The number of rotatable bonds is 10. The standard InChI is InChI=1S/C32H39ClN6O3/c1-4-22-14-28(27-8-7-23(15-29(27)33)30(34)38-20(2)41-3)32(40)39(18-21-5-6-24-16-35-17-25(24)13-21)31(22)37-19-36-26-9-11-42-12-10-26/h4-8,13-15,26,30,35-37H,1,9-12,16-19,34H2,2-3H3. The van der Waals surface area contributed by atoms with Gasteiger partial charge < -0.3 is 25.8 Å². The van der Waals surface area contributed by atoms with Gasteiger partial charge in [0.2, 0.25) is 0 Å². The fourth-order valence-electron chi connectivity index (χ4n) is 5.45. The Morgan fingerprint density at radius 1 is 1.21 bits per heavy atom. The lowest BCUT2D eigenvalue weighted by molar-refractivity contribution is 0.0786. The van der Waals surface area contributed by atoms with E-state index in [1.807, 2.05) is 18.2 Å². The summed E-state index contributed by atoms with van der Waals surface area (Å²) in [4.78, 5) is 18.6. The molecule has 0 bridgehead atoms. The zero-order valence-corrected chi connectivity index (χ0v) is 25.0. The summed E-state index contributed by atoms with van der Waals surface area (Å²) in [5.41, 5.74) is 12.3. The Morgan fingerprint density at radius 2 is 2.00 bits per heavy atom. The van der Waals surface area contributed by atoms with E-state index in [0.717, 1.165) is 50.3 Å². The van der Waals surface area contributed by atoms with E-state index in [4.69, 9.17) is 26.8 Å². The van der Waals surface area contributed by atoms with Gasteiger partial charge in [0.05, 0.1) is 20.3 Å². The van der Waals surface area contributed by atoms with Gasteiger partial charge in [0.25, 0.3) is 5.56 Å². The predicted octanol–water partition coefficient (Wildman–Crippen LogP) is 4.62. The predicted molar refractivity (Wildman–Crippen MR) is 170 cm³/mol. The summed E-state index contributed by atoms with van der Waals surface area (Å²) < 4.78 is 12.4. The van der Waals surface area contributed by atoms with Crippen LogP contribution in [0.25, 0.3) is 17.2 Å². The van der Waals surface area contributed by atoms with Gasteiger partial charge in [-0.2, -0.15) is 0 Å². The first-order valence-corrected chi connectivity index (χ1v) is 14.7. The largest absolute Gasteiger partial charge is 0.484 e. The van der Waals surface area contributed by atoms with E-state index < -0.39 is 6.17 Å². The fraction of sp³-hybridized carbons (Fsp3) is 0.375. The van der Waals surface area contributed by atoms with E-state index in [-0.39, 0.29) is 5.56 Å². The summed E-state index contributed by atoms with van der Waals surface area (Å²) in [6.45, 7) is 9.91. The smallest absolute Gasteiger partial charge is 0.260 e. The molecule has 0 radical (unpaired) electrons. The van der Waals surface area contributed by atoms with Gasteiger partial charge in [-0.1, -0.05) is 54.6 Å². The van der Waals surface area contributed by atoms with Crippen LogP contribution in [0.4, 0.5) is 5.82 Å². The molecule has 0 aliphatic carbocycles. The highest BCUT2D eigenvalue weighted by atomic mass is 35.5. The zero-order valence-electron chi connectivity index (χ0n) is 24.2. The molecule has 3 aromatic rings. The Kier molecular flexibility index (Phi) is 9.76. The van der Waals surface area contributed by atoms with E-state index in [0.29, 0.717) is 52.7 Å². The summed E-state index contributed by atoms with van der Waals surface area (Å²) >= 11 is 6.78. The Hall–Kier alpha value is -3.47. The molecular formula is C32H39ClN6O3. The van der Waals surface area contributed by atoms with Gasteiger partial charge >= 0.3 is 0 Å². The van der Waals surface area contributed by atoms with Crippen molar-refractivity contribution in [3.63, 3.8) is 0 Å². The van der Waals surface area contributed by atoms with Gasteiger partial charge in [-0.25, -0.2) is 4.99 Å². The second-order valence-electron chi connectivity index (χ2n) is 10.6. The maximum absolute atomic E-state index is 14.2. The Bertz CT molecular complexity index is 1530. The van der Waals surface area contributed by atoms with E-state index in [2.05, 4.69) is 45.7 Å². The molecule has 222 valence electrons. The molecule has 10 heteroatoms. The van der Waals surface area contributed by atoms with Gasteiger partial charge in [0.1, 0.15) is 12.0 Å². The minimum absolute atomic E-state index is 0.153. The third-order valence-electron chi connectivity index (χ3n) is 7.89. The van der Waals surface area contributed by atoms with Gasteiger partial charge in [-0.15, -0.1) is 0 Å². The van der Waals surface area contributed by atoms with Crippen LogP contribution in [0.5, 0.6) is 0 Å². The third kappa shape index (κ3) is 6.77. The summed E-state index contributed by atoms with van der Waals surface area (Å²) in [5.74, 6) is 1.18. The van der Waals surface area contributed by atoms with Crippen molar-refractivity contribution in [1.82, 2.24) is 15.2 Å². The molecule has 5 N–H and O–H groups in total. The molecular weight excluding hydrogens is 552 g/mol. The van der Waals surface area contributed by atoms with Crippen LogP contribution in [0.3, 0.4) is 0 Å². The number of hydrogen-bond donors (Lipinski definition) is 4. The van der Waals surface area contributed by atoms with Crippen molar-refractivity contribution >= 4 is 29.4 Å². The van der Waals surface area contributed by atoms with Crippen molar-refractivity contribution in [1.29, 1.82) is 0 Å². The number of ether oxygens (including phenoxy) is 2. The Labute approximate surface area is 251 Å². The minimum atomic E-state index is -0.638. The normalized spacial score (nSPS) is 16.2. The molecule has 42 heavy (non-hydrogen) atoms. The van der Waals surface area contributed by atoms with Crippen molar-refractivity contribution in [2.45, 2.75) is 51.6 Å². The number of benzene rings is 2. The summed E-state index contributed by atoms with van der Waals surface area (Å²) in [7, 11) is 1.54. The molecule has 1 fully saturated rings. The first-order valence-electron chi connectivity index (χ1n) is 14.3. The average molecular weight is 591 g/mol. The van der Waals surface area contributed by atoms with Crippen LogP contribution in [-0.4, -0.2) is 43.5 Å². The molecule has 1 saturated heterocycles. The van der Waals surface area contributed by atoms with Crippen LogP contribution >= 0.6 is 11.6 Å². The van der Waals surface area contributed by atoms with E-state index in [1.54, 1.807) is 30.7 Å². The van der Waals surface area contributed by atoms with Crippen molar-refractivity contribution in [2.24, 2.45) is 10.7 Å². The lowest BCUT2D eigenvalue weighted by Gasteiger charge is -2.25. The van der Waals surface area contributed by atoms with Crippen LogP contribution in [-0.2, 0) is 29.1 Å². The molecule has 5 rings (SSSR count). The number of nitrogens with one attached hydrogen (secondary N) is 3. The molecule has 1 unspecified atom stereocenters. The van der Waals surface area contributed by atoms with Crippen LogP contribution in [0.2, 0.25) is 5.02 Å². The first kappa shape index (κ1) is 30.0. The van der Waals surface area contributed by atoms with Gasteiger partial charge in [0, 0.05) is 61.0 Å². The molecule has 2 aromatic carbocycles. The van der Waals surface area contributed by atoms with Gasteiger partial charge in [-0.05, 0) is 47.2 Å². The summed E-state index contributed by atoms with van der Waals surface area (Å²) in [5, 5.41) is 10.8. The number of pyridine rings is 1. The molecule has 0 saturated carbocycles. The number of halogens is 1. The van der Waals surface area contributed by atoms with E-state index in [1.165, 1.54) is 11.1 Å². The summed E-state index contributed by atoms with van der Waals surface area (Å²) in [6, 6.07) is 14.0. The monoisotopic (exact) mass is 590 g/mol. The van der Waals surface area contributed by atoms with Crippen molar-refractivity contribution in [3.8, 4) is 11.1 Å². The van der Waals surface area contributed by atoms with Crippen molar-refractivity contribution in [2.75, 3.05) is 32.3 Å². The Balaban J connectivity index is 1.52. The van der Waals surface area contributed by atoms with Crippen LogP contribution in [0.1, 0.15) is 53.7 Å².